The molecule has 0 saturated carbocycles. The molecule has 2 aromatic carbocycles. The molecule has 28 heavy (non-hydrogen) atoms. The molecule has 1 aliphatic heterocycles. The molecule has 1 unspecified atom stereocenters. The third kappa shape index (κ3) is 4.69. The predicted octanol–water partition coefficient (Wildman–Crippen LogP) is 4.02. The van der Waals surface area contributed by atoms with E-state index in [0.29, 0.717) is 31.7 Å². The fourth-order valence-electron chi connectivity index (χ4n) is 3.46. The molecule has 1 heterocycles. The summed E-state index contributed by atoms with van der Waals surface area (Å²) in [6, 6.07) is 12.5. The first-order valence-corrected chi connectivity index (χ1v) is 9.45. The van der Waals surface area contributed by atoms with Crippen molar-refractivity contribution in [3.63, 3.8) is 0 Å². The molecule has 1 aliphatic rings. The highest BCUT2D eigenvalue weighted by Crippen LogP contribution is 2.32. The Bertz CT molecular complexity index is 792. The smallest absolute Gasteiger partial charge is 0.156 e. The van der Waals surface area contributed by atoms with E-state index in [1.165, 1.54) is 6.07 Å². The number of halogens is 1. The van der Waals surface area contributed by atoms with Gasteiger partial charge >= 0.3 is 0 Å². The molecule has 2 aromatic rings. The van der Waals surface area contributed by atoms with E-state index in [4.69, 9.17) is 14.2 Å². The summed E-state index contributed by atoms with van der Waals surface area (Å²) in [6.07, 6.45) is 1.93. The van der Waals surface area contributed by atoms with Crippen LogP contribution in [0.15, 0.2) is 42.5 Å². The van der Waals surface area contributed by atoms with Gasteiger partial charge in [-0.3, -0.25) is 4.79 Å². The van der Waals surface area contributed by atoms with E-state index in [1.54, 1.807) is 31.2 Å². The summed E-state index contributed by atoms with van der Waals surface area (Å²) in [4.78, 5) is 12.9. The van der Waals surface area contributed by atoms with Gasteiger partial charge in [0.2, 0.25) is 0 Å². The van der Waals surface area contributed by atoms with Crippen molar-refractivity contribution < 1.29 is 23.4 Å². The Hall–Kier alpha value is -2.44. The van der Waals surface area contributed by atoms with E-state index >= 15 is 0 Å². The normalized spacial score (nSPS) is 15.8. The van der Waals surface area contributed by atoms with Crippen molar-refractivity contribution in [2.24, 2.45) is 0 Å². The number of hydrogen-bond donors (Lipinski definition) is 0. The zero-order chi connectivity index (χ0) is 19.9. The van der Waals surface area contributed by atoms with Crippen LogP contribution >= 0.6 is 0 Å². The van der Waals surface area contributed by atoms with Crippen molar-refractivity contribution in [3.05, 3.63) is 59.4 Å². The number of carbonyl (C=O) groups is 1. The maximum Gasteiger partial charge on any atom is 0.156 e. The van der Waals surface area contributed by atoms with Crippen molar-refractivity contribution in [3.8, 4) is 5.75 Å². The van der Waals surface area contributed by atoms with Crippen LogP contribution in [0.3, 0.4) is 0 Å². The first-order valence-electron chi connectivity index (χ1n) is 9.45. The third-order valence-electron chi connectivity index (χ3n) is 5.00. The second kappa shape index (κ2) is 9.66. The van der Waals surface area contributed by atoms with Crippen LogP contribution in [0.2, 0.25) is 0 Å². The maximum atomic E-state index is 14.6. The molecule has 0 N–H and O–H groups in total. The fraction of sp³-hybridized carbons (Fsp3) is 0.409. The minimum absolute atomic E-state index is 0.0449. The number of methoxy groups -OCH3 is 1. The highest BCUT2D eigenvalue weighted by Gasteiger charge is 2.25. The summed E-state index contributed by atoms with van der Waals surface area (Å²) in [5.74, 6) is 0.208. The van der Waals surface area contributed by atoms with Crippen molar-refractivity contribution in [2.45, 2.75) is 25.0 Å². The van der Waals surface area contributed by atoms with Gasteiger partial charge in [0.25, 0.3) is 0 Å². The average Bonchev–Trinajstić information content (AvgIpc) is 2.74. The summed E-state index contributed by atoms with van der Waals surface area (Å²) in [5.41, 5.74) is 1.32. The van der Waals surface area contributed by atoms with E-state index < -0.39 is 5.82 Å². The number of anilines is 1. The Labute approximate surface area is 165 Å². The van der Waals surface area contributed by atoms with Crippen LogP contribution in [0.25, 0.3) is 0 Å². The number of carbonyl (C=O) groups excluding carboxylic acids is 1. The number of benzene rings is 2. The van der Waals surface area contributed by atoms with Crippen molar-refractivity contribution in [1.29, 1.82) is 0 Å². The maximum absolute atomic E-state index is 14.6. The number of rotatable bonds is 8. The molecule has 0 aliphatic carbocycles. The molecule has 5 nitrogen and oxygen atoms in total. The Kier molecular flexibility index (Phi) is 7.01. The van der Waals surface area contributed by atoms with Crippen LogP contribution in [0.4, 0.5) is 10.1 Å². The number of para-hydroxylation sites is 1. The van der Waals surface area contributed by atoms with Crippen LogP contribution in [-0.2, 0) is 9.47 Å². The molecule has 0 aromatic heterocycles. The van der Waals surface area contributed by atoms with Gasteiger partial charge in [-0.05, 0) is 31.0 Å². The molecular weight excluding hydrogens is 361 g/mol. The van der Waals surface area contributed by atoms with Gasteiger partial charge in [0.1, 0.15) is 11.9 Å². The molecule has 0 bridgehead atoms. The first kappa shape index (κ1) is 20.3. The summed E-state index contributed by atoms with van der Waals surface area (Å²) in [7, 11) is 3.42. The van der Waals surface area contributed by atoms with E-state index in [2.05, 4.69) is 0 Å². The standard InChI is InChI=1S/C22H26FNO4/c1-24(19-8-5-6-16(15-25)22(19)23)14-21(28-17-10-12-27-13-11-17)18-7-3-4-9-20(18)26-2/h3-9,15,17,21H,10-14H2,1-2H3. The SMILES string of the molecule is COc1ccccc1C(CN(C)c1cccc(C=O)c1F)OC1CCOCC1. The van der Waals surface area contributed by atoms with Crippen LogP contribution < -0.4 is 9.64 Å². The molecule has 3 rings (SSSR count). The molecule has 1 atom stereocenters. The van der Waals surface area contributed by atoms with Gasteiger partial charge in [0.15, 0.2) is 12.1 Å². The zero-order valence-corrected chi connectivity index (χ0v) is 16.3. The van der Waals surface area contributed by atoms with Crippen molar-refractivity contribution in [1.82, 2.24) is 0 Å². The highest BCUT2D eigenvalue weighted by atomic mass is 19.1. The minimum atomic E-state index is -0.523. The third-order valence-corrected chi connectivity index (χ3v) is 5.00. The Morgan fingerprint density at radius 3 is 2.68 bits per heavy atom. The molecule has 1 fully saturated rings. The Morgan fingerprint density at radius 2 is 1.96 bits per heavy atom. The van der Waals surface area contributed by atoms with Gasteiger partial charge in [-0.2, -0.15) is 0 Å². The van der Waals surface area contributed by atoms with Gasteiger partial charge in [-0.25, -0.2) is 4.39 Å². The van der Waals surface area contributed by atoms with Crippen molar-refractivity contribution in [2.75, 3.05) is 38.8 Å². The van der Waals surface area contributed by atoms with Crippen molar-refractivity contribution >= 4 is 12.0 Å². The molecule has 6 heteroatoms. The summed E-state index contributed by atoms with van der Waals surface area (Å²) in [5, 5.41) is 0. The Morgan fingerprint density at radius 1 is 1.21 bits per heavy atom. The number of nitrogens with zero attached hydrogens (tertiary/aromatic N) is 1. The molecule has 0 amide bonds. The van der Waals surface area contributed by atoms with Gasteiger partial charge in [-0.15, -0.1) is 0 Å². The highest BCUT2D eigenvalue weighted by molar-refractivity contribution is 5.77. The number of likely N-dealkylation sites (N-methyl/N-ethyl adjacent to an activating group) is 1. The molecular formula is C22H26FNO4. The van der Waals surface area contributed by atoms with Gasteiger partial charge < -0.3 is 19.1 Å². The molecule has 1 saturated heterocycles. The topological polar surface area (TPSA) is 48.0 Å². The zero-order valence-electron chi connectivity index (χ0n) is 16.3. The molecule has 150 valence electrons. The van der Waals surface area contributed by atoms with Gasteiger partial charge in [0, 0.05) is 32.4 Å². The second-order valence-corrected chi connectivity index (χ2v) is 6.86. The number of aldehydes is 1. The molecule has 0 radical (unpaired) electrons. The monoisotopic (exact) mass is 387 g/mol. The van der Waals surface area contributed by atoms with Gasteiger partial charge in [-0.1, -0.05) is 24.3 Å². The average molecular weight is 387 g/mol. The first-order chi connectivity index (χ1) is 13.6. The summed E-state index contributed by atoms with van der Waals surface area (Å²) >= 11 is 0. The lowest BCUT2D eigenvalue weighted by Gasteiger charge is -2.32. The fourth-order valence-corrected chi connectivity index (χ4v) is 3.46. The summed E-state index contributed by atoms with van der Waals surface area (Å²) in [6.45, 7) is 1.77. The Balaban J connectivity index is 1.87. The van der Waals surface area contributed by atoms with Crippen LogP contribution in [0, 0.1) is 5.82 Å². The van der Waals surface area contributed by atoms with E-state index in [9.17, 15) is 9.18 Å². The number of hydrogen-bond acceptors (Lipinski definition) is 5. The van der Waals surface area contributed by atoms with E-state index in [1.807, 2.05) is 24.3 Å². The van der Waals surface area contributed by atoms with Crippen LogP contribution in [0.5, 0.6) is 5.75 Å². The quantitative estimate of drug-likeness (QED) is 0.641. The lowest BCUT2D eigenvalue weighted by molar-refractivity contribution is -0.0672. The molecule has 0 spiro atoms. The van der Waals surface area contributed by atoms with Gasteiger partial charge in [0.05, 0.1) is 24.5 Å². The second-order valence-electron chi connectivity index (χ2n) is 6.86. The predicted molar refractivity (Wildman–Crippen MR) is 106 cm³/mol. The van der Waals surface area contributed by atoms with Crippen LogP contribution in [0.1, 0.15) is 34.9 Å². The van der Waals surface area contributed by atoms with E-state index in [0.717, 1.165) is 24.2 Å². The largest absolute Gasteiger partial charge is 0.496 e. The lowest BCUT2D eigenvalue weighted by Crippen LogP contribution is -2.32. The summed E-state index contributed by atoms with van der Waals surface area (Å²) < 4.78 is 32.0. The lowest BCUT2D eigenvalue weighted by atomic mass is 10.1. The van der Waals surface area contributed by atoms with E-state index in [-0.39, 0.29) is 17.8 Å². The number of ether oxygens (including phenoxy) is 3. The minimum Gasteiger partial charge on any atom is -0.496 e. The van der Waals surface area contributed by atoms with Crippen LogP contribution in [-0.4, -0.2) is 46.3 Å².